The molecule has 2 N–H and O–H groups in total. The lowest BCUT2D eigenvalue weighted by molar-refractivity contribution is -0.0116. The van der Waals surface area contributed by atoms with Crippen LogP contribution in [-0.2, 0) is 0 Å². The van der Waals surface area contributed by atoms with E-state index in [-0.39, 0.29) is 5.54 Å². The molecule has 0 heterocycles. The van der Waals surface area contributed by atoms with Crippen molar-refractivity contribution in [1.29, 1.82) is 0 Å². The highest BCUT2D eigenvalue weighted by Gasteiger charge is 2.44. The Kier molecular flexibility index (Phi) is 4.19. The first-order chi connectivity index (χ1) is 6.95. The van der Waals surface area contributed by atoms with Crippen molar-refractivity contribution in [3.63, 3.8) is 0 Å². The number of hydrogen-bond acceptors (Lipinski definition) is 2. The summed E-state index contributed by atoms with van der Waals surface area (Å²) in [6.45, 7) is 10.1. The van der Waals surface area contributed by atoms with E-state index in [0.717, 1.165) is 12.5 Å². The predicted molar refractivity (Wildman–Crippen MR) is 66.9 cm³/mol. The molecule has 3 atom stereocenters. The Bertz CT molecular complexity index is 197. The zero-order chi connectivity index (χ0) is 11.6. The summed E-state index contributed by atoms with van der Waals surface area (Å²) in [6, 6.07) is 0.585. The van der Waals surface area contributed by atoms with Crippen LogP contribution in [0.25, 0.3) is 0 Å². The molecular formula is C13H28N2. The Labute approximate surface area is 95.2 Å². The maximum absolute atomic E-state index is 6.09. The summed E-state index contributed by atoms with van der Waals surface area (Å²) in [5.74, 6) is 1.52. The molecule has 0 aromatic heterocycles. The van der Waals surface area contributed by atoms with E-state index in [2.05, 4.69) is 39.6 Å². The standard InChI is InChI=1S/C13H28N2/c1-10(2)15(5)13(9-14)8-6-7-11(3)12(13)4/h10-12H,6-9,14H2,1-5H3. The van der Waals surface area contributed by atoms with Crippen LogP contribution in [0.3, 0.4) is 0 Å². The molecule has 1 saturated carbocycles. The summed E-state index contributed by atoms with van der Waals surface area (Å²) in [5.41, 5.74) is 6.33. The van der Waals surface area contributed by atoms with Crippen LogP contribution in [0, 0.1) is 11.8 Å². The second-order valence-electron chi connectivity index (χ2n) is 5.67. The third-order valence-electron chi connectivity index (χ3n) is 4.80. The van der Waals surface area contributed by atoms with E-state index < -0.39 is 0 Å². The minimum absolute atomic E-state index is 0.242. The van der Waals surface area contributed by atoms with E-state index in [0.29, 0.717) is 12.0 Å². The summed E-state index contributed by atoms with van der Waals surface area (Å²) >= 11 is 0. The molecule has 2 nitrogen and oxygen atoms in total. The number of nitrogens with zero attached hydrogens (tertiary/aromatic N) is 1. The van der Waals surface area contributed by atoms with Gasteiger partial charge >= 0.3 is 0 Å². The minimum Gasteiger partial charge on any atom is -0.329 e. The maximum atomic E-state index is 6.09. The van der Waals surface area contributed by atoms with E-state index in [1.807, 2.05) is 0 Å². The van der Waals surface area contributed by atoms with Gasteiger partial charge in [0.2, 0.25) is 0 Å². The van der Waals surface area contributed by atoms with Crippen LogP contribution in [0.2, 0.25) is 0 Å². The summed E-state index contributed by atoms with van der Waals surface area (Å²) in [4.78, 5) is 2.51. The van der Waals surface area contributed by atoms with Gasteiger partial charge in [-0.3, -0.25) is 4.90 Å². The van der Waals surface area contributed by atoms with Crippen molar-refractivity contribution in [3.8, 4) is 0 Å². The van der Waals surface area contributed by atoms with Crippen molar-refractivity contribution in [2.24, 2.45) is 17.6 Å². The molecule has 0 aliphatic heterocycles. The molecule has 0 aromatic rings. The molecule has 2 heteroatoms. The third-order valence-corrected chi connectivity index (χ3v) is 4.80. The molecule has 1 rings (SSSR count). The second-order valence-corrected chi connectivity index (χ2v) is 5.67. The lowest BCUT2D eigenvalue weighted by atomic mass is 9.67. The van der Waals surface area contributed by atoms with Crippen molar-refractivity contribution in [3.05, 3.63) is 0 Å². The smallest absolute Gasteiger partial charge is 0.0359 e. The second kappa shape index (κ2) is 4.84. The molecule has 0 saturated heterocycles. The van der Waals surface area contributed by atoms with E-state index in [1.54, 1.807) is 0 Å². The molecule has 0 radical (unpaired) electrons. The lowest BCUT2D eigenvalue weighted by Gasteiger charge is -2.52. The third kappa shape index (κ3) is 2.21. The molecule has 0 spiro atoms. The quantitative estimate of drug-likeness (QED) is 0.779. The summed E-state index contributed by atoms with van der Waals surface area (Å²) < 4.78 is 0. The van der Waals surface area contributed by atoms with Crippen molar-refractivity contribution >= 4 is 0 Å². The van der Waals surface area contributed by atoms with Crippen LogP contribution in [0.5, 0.6) is 0 Å². The maximum Gasteiger partial charge on any atom is 0.0359 e. The van der Waals surface area contributed by atoms with Gasteiger partial charge < -0.3 is 5.73 Å². The van der Waals surface area contributed by atoms with Crippen LogP contribution in [0.15, 0.2) is 0 Å². The average Bonchev–Trinajstić information content (AvgIpc) is 2.21. The van der Waals surface area contributed by atoms with E-state index in [4.69, 9.17) is 5.73 Å². The van der Waals surface area contributed by atoms with Crippen molar-refractivity contribution < 1.29 is 0 Å². The molecule has 0 amide bonds. The fourth-order valence-corrected chi connectivity index (χ4v) is 3.18. The minimum atomic E-state index is 0.242. The van der Waals surface area contributed by atoms with Gasteiger partial charge in [-0.25, -0.2) is 0 Å². The van der Waals surface area contributed by atoms with E-state index in [9.17, 15) is 0 Å². The monoisotopic (exact) mass is 212 g/mol. The van der Waals surface area contributed by atoms with Gasteiger partial charge in [-0.1, -0.05) is 26.7 Å². The van der Waals surface area contributed by atoms with Gasteiger partial charge in [-0.2, -0.15) is 0 Å². The average molecular weight is 212 g/mol. The van der Waals surface area contributed by atoms with Gasteiger partial charge in [0.1, 0.15) is 0 Å². The Morgan fingerprint density at radius 2 is 2.00 bits per heavy atom. The predicted octanol–water partition coefficient (Wildman–Crippen LogP) is 2.48. The molecule has 3 unspecified atom stereocenters. The fourth-order valence-electron chi connectivity index (χ4n) is 3.18. The molecule has 1 fully saturated rings. The molecule has 0 aromatic carbocycles. The first kappa shape index (κ1) is 13.0. The number of nitrogens with two attached hydrogens (primary N) is 1. The van der Waals surface area contributed by atoms with Gasteiger partial charge in [0, 0.05) is 18.1 Å². The fraction of sp³-hybridized carbons (Fsp3) is 1.00. The Morgan fingerprint density at radius 3 is 2.47 bits per heavy atom. The topological polar surface area (TPSA) is 29.3 Å². The van der Waals surface area contributed by atoms with E-state index in [1.165, 1.54) is 19.3 Å². The number of rotatable bonds is 3. The van der Waals surface area contributed by atoms with Crippen molar-refractivity contribution in [1.82, 2.24) is 4.90 Å². The Hall–Kier alpha value is -0.0800. The number of hydrogen-bond donors (Lipinski definition) is 1. The van der Waals surface area contributed by atoms with Gasteiger partial charge in [0.15, 0.2) is 0 Å². The summed E-state index contributed by atoms with van der Waals surface area (Å²) in [5, 5.41) is 0. The highest BCUT2D eigenvalue weighted by atomic mass is 15.2. The zero-order valence-electron chi connectivity index (χ0n) is 11.1. The van der Waals surface area contributed by atoms with Gasteiger partial charge in [0.05, 0.1) is 0 Å². The number of likely N-dealkylation sites (N-methyl/N-ethyl adjacent to an activating group) is 1. The largest absolute Gasteiger partial charge is 0.329 e. The summed E-state index contributed by atoms with van der Waals surface area (Å²) in [7, 11) is 2.24. The SMILES string of the molecule is CC1CCCC(CN)(N(C)C(C)C)C1C. The molecule has 90 valence electrons. The zero-order valence-corrected chi connectivity index (χ0v) is 11.1. The van der Waals surface area contributed by atoms with Crippen molar-refractivity contribution in [2.45, 2.75) is 58.5 Å². The normalized spacial score (nSPS) is 37.6. The van der Waals surface area contributed by atoms with Gasteiger partial charge in [0.25, 0.3) is 0 Å². The highest BCUT2D eigenvalue weighted by Crippen LogP contribution is 2.41. The first-order valence-corrected chi connectivity index (χ1v) is 6.38. The lowest BCUT2D eigenvalue weighted by Crippen LogP contribution is -2.61. The molecule has 15 heavy (non-hydrogen) atoms. The van der Waals surface area contributed by atoms with Crippen molar-refractivity contribution in [2.75, 3.05) is 13.6 Å². The van der Waals surface area contributed by atoms with Crippen LogP contribution < -0.4 is 5.73 Å². The summed E-state index contributed by atoms with van der Waals surface area (Å²) in [6.07, 6.45) is 3.97. The first-order valence-electron chi connectivity index (χ1n) is 6.38. The van der Waals surface area contributed by atoms with Crippen LogP contribution in [0.4, 0.5) is 0 Å². The molecule has 1 aliphatic rings. The van der Waals surface area contributed by atoms with Crippen LogP contribution in [0.1, 0.15) is 47.0 Å². The highest BCUT2D eigenvalue weighted by molar-refractivity contribution is 5.00. The van der Waals surface area contributed by atoms with E-state index >= 15 is 0 Å². The molecule has 1 aliphatic carbocycles. The Balaban J connectivity index is 2.90. The Morgan fingerprint density at radius 1 is 1.40 bits per heavy atom. The van der Waals surface area contributed by atoms with Gasteiger partial charge in [-0.05, 0) is 39.2 Å². The van der Waals surface area contributed by atoms with Crippen LogP contribution in [-0.4, -0.2) is 30.1 Å². The molecule has 0 bridgehead atoms. The van der Waals surface area contributed by atoms with Gasteiger partial charge in [-0.15, -0.1) is 0 Å². The van der Waals surface area contributed by atoms with Crippen LogP contribution >= 0.6 is 0 Å². The molecular weight excluding hydrogens is 184 g/mol.